The number of carbonyl (C=O) groups excluding carboxylic acids is 2. The second-order valence-electron chi connectivity index (χ2n) is 8.51. The van der Waals surface area contributed by atoms with Gasteiger partial charge in [-0.25, -0.2) is 9.59 Å². The van der Waals surface area contributed by atoms with Crippen LogP contribution in [0.15, 0.2) is 39.9 Å². The first kappa shape index (κ1) is 24.1. The van der Waals surface area contributed by atoms with Gasteiger partial charge >= 0.3 is 11.8 Å². The lowest BCUT2D eigenvalue weighted by Crippen LogP contribution is -2.39. The number of hydrogen-bond acceptors (Lipinski definition) is 6. The molecule has 0 bridgehead atoms. The number of rotatable bonds is 8. The fourth-order valence-corrected chi connectivity index (χ4v) is 3.75. The molecule has 33 heavy (non-hydrogen) atoms. The number of hydrogen-bond donors (Lipinski definition) is 4. The highest BCUT2D eigenvalue weighted by atomic mass is 16.6. The quantitative estimate of drug-likeness (QED) is 0.481. The number of benzene rings is 1. The highest BCUT2D eigenvalue weighted by Gasteiger charge is 2.24. The fourth-order valence-electron chi connectivity index (χ4n) is 3.75. The molecule has 0 saturated carbocycles. The number of piperidine rings is 1. The molecule has 178 valence electrons. The second-order valence-corrected chi connectivity index (χ2v) is 8.51. The van der Waals surface area contributed by atoms with Crippen molar-refractivity contribution in [1.82, 2.24) is 14.9 Å². The molecular formula is C23H31N5O5. The molecule has 2 heterocycles. The Kier molecular flexibility index (Phi) is 8.28. The number of H-pyrrole nitrogens is 2. The lowest BCUT2D eigenvalue weighted by atomic mass is 9.92. The Labute approximate surface area is 191 Å². The van der Waals surface area contributed by atoms with Gasteiger partial charge in [0.05, 0.1) is 0 Å². The summed E-state index contributed by atoms with van der Waals surface area (Å²) >= 11 is 0. The number of carbonyl (C=O) groups is 2. The number of nitrogens with zero attached hydrogens (tertiary/aromatic N) is 1. The van der Waals surface area contributed by atoms with Crippen LogP contribution in [-0.4, -0.2) is 46.0 Å². The number of aromatic amines is 2. The maximum Gasteiger partial charge on any atom is 0.410 e. The largest absolute Gasteiger partial charge is 0.445 e. The maximum atomic E-state index is 12.5. The molecule has 1 aliphatic rings. The van der Waals surface area contributed by atoms with Crippen LogP contribution in [0, 0.1) is 5.92 Å². The van der Waals surface area contributed by atoms with E-state index in [2.05, 4.69) is 20.6 Å². The van der Waals surface area contributed by atoms with Crippen molar-refractivity contribution in [2.45, 2.75) is 52.2 Å². The van der Waals surface area contributed by atoms with Gasteiger partial charge in [-0.2, -0.15) is 0 Å². The Morgan fingerprint density at radius 1 is 1.12 bits per heavy atom. The van der Waals surface area contributed by atoms with Crippen LogP contribution in [0.2, 0.25) is 0 Å². The monoisotopic (exact) mass is 457 g/mol. The van der Waals surface area contributed by atoms with E-state index in [-0.39, 0.29) is 42.6 Å². The zero-order chi connectivity index (χ0) is 23.8. The highest BCUT2D eigenvalue weighted by molar-refractivity contribution is 5.93. The molecule has 1 aromatic heterocycles. The van der Waals surface area contributed by atoms with Gasteiger partial charge in [0.1, 0.15) is 18.1 Å². The van der Waals surface area contributed by atoms with Gasteiger partial charge in [0, 0.05) is 25.6 Å². The molecule has 0 spiro atoms. The van der Waals surface area contributed by atoms with Gasteiger partial charge in [0.15, 0.2) is 0 Å². The summed E-state index contributed by atoms with van der Waals surface area (Å²) in [7, 11) is 0. The molecule has 2 aromatic rings. The predicted octanol–water partition coefficient (Wildman–Crippen LogP) is 2.65. The number of ether oxygens (including phenoxy) is 1. The van der Waals surface area contributed by atoms with E-state index in [9.17, 15) is 19.2 Å². The van der Waals surface area contributed by atoms with E-state index in [1.807, 2.05) is 44.2 Å². The molecule has 0 radical (unpaired) electrons. The number of aromatic nitrogens is 2. The molecule has 0 unspecified atom stereocenters. The third-order valence-electron chi connectivity index (χ3n) is 5.50. The Balaban J connectivity index is 1.44. The first-order valence-corrected chi connectivity index (χ1v) is 11.2. The normalized spacial score (nSPS) is 14.2. The smallest absolute Gasteiger partial charge is 0.410 e. The molecule has 1 aliphatic heterocycles. The summed E-state index contributed by atoms with van der Waals surface area (Å²) in [6, 6.07) is 9.50. The van der Waals surface area contributed by atoms with Crippen molar-refractivity contribution in [3.05, 3.63) is 56.7 Å². The summed E-state index contributed by atoms with van der Waals surface area (Å²) in [6.45, 7) is 5.13. The number of anilines is 2. The van der Waals surface area contributed by atoms with E-state index in [0.29, 0.717) is 25.4 Å². The number of likely N-dealkylation sites (tertiary alicyclic amines) is 1. The topological polar surface area (TPSA) is 136 Å². The molecule has 10 heteroatoms. The van der Waals surface area contributed by atoms with E-state index in [1.54, 1.807) is 4.90 Å². The van der Waals surface area contributed by atoms with Gasteiger partial charge in [-0.3, -0.25) is 19.6 Å². The zero-order valence-corrected chi connectivity index (χ0v) is 19.0. The van der Waals surface area contributed by atoms with Gasteiger partial charge in [-0.1, -0.05) is 30.3 Å². The van der Waals surface area contributed by atoms with Crippen molar-refractivity contribution in [3.63, 3.8) is 0 Å². The van der Waals surface area contributed by atoms with Crippen molar-refractivity contribution >= 4 is 23.5 Å². The third kappa shape index (κ3) is 7.23. The molecule has 0 atom stereocenters. The van der Waals surface area contributed by atoms with Gasteiger partial charge < -0.3 is 20.3 Å². The average molecular weight is 458 g/mol. The van der Waals surface area contributed by atoms with Crippen LogP contribution in [-0.2, 0) is 16.1 Å². The predicted molar refractivity (Wildman–Crippen MR) is 125 cm³/mol. The van der Waals surface area contributed by atoms with Gasteiger partial charge in [0.2, 0.25) is 5.91 Å². The third-order valence-corrected chi connectivity index (χ3v) is 5.50. The summed E-state index contributed by atoms with van der Waals surface area (Å²) < 4.78 is 5.38. The Hall–Kier alpha value is -3.56. The van der Waals surface area contributed by atoms with Crippen molar-refractivity contribution in [1.29, 1.82) is 0 Å². The molecule has 2 amide bonds. The molecule has 3 rings (SSSR count). The van der Waals surface area contributed by atoms with Crippen molar-refractivity contribution < 1.29 is 14.3 Å². The van der Waals surface area contributed by atoms with E-state index in [1.165, 1.54) is 0 Å². The molecule has 0 aliphatic carbocycles. The maximum absolute atomic E-state index is 12.5. The molecule has 1 fully saturated rings. The molecule has 1 aromatic carbocycles. The lowest BCUT2D eigenvalue weighted by Gasteiger charge is -2.31. The molecular weight excluding hydrogens is 426 g/mol. The van der Waals surface area contributed by atoms with Crippen LogP contribution < -0.4 is 21.9 Å². The number of amides is 2. The Morgan fingerprint density at radius 3 is 2.48 bits per heavy atom. The SMILES string of the molecule is CC(C)Nc1[nH]c(=O)[nH]c(=O)c1NC(=O)CCC1CCN(C(=O)OCc2ccccc2)CC1. The minimum atomic E-state index is -0.655. The zero-order valence-electron chi connectivity index (χ0n) is 19.0. The van der Waals surface area contributed by atoms with Crippen LogP contribution >= 0.6 is 0 Å². The van der Waals surface area contributed by atoms with Crippen LogP contribution in [0.4, 0.5) is 16.3 Å². The summed E-state index contributed by atoms with van der Waals surface area (Å²) in [5.74, 6) is 0.189. The van der Waals surface area contributed by atoms with Crippen molar-refractivity contribution in [2.75, 3.05) is 23.7 Å². The van der Waals surface area contributed by atoms with E-state index in [4.69, 9.17) is 4.74 Å². The Bertz CT molecular complexity index is 1050. The van der Waals surface area contributed by atoms with Gasteiger partial charge in [-0.15, -0.1) is 0 Å². The average Bonchev–Trinajstić information content (AvgIpc) is 2.79. The fraction of sp³-hybridized carbons (Fsp3) is 0.478. The Morgan fingerprint density at radius 2 is 1.82 bits per heavy atom. The highest BCUT2D eigenvalue weighted by Crippen LogP contribution is 2.23. The van der Waals surface area contributed by atoms with Crippen LogP contribution in [0.1, 0.15) is 45.1 Å². The summed E-state index contributed by atoms with van der Waals surface area (Å²) in [4.78, 5) is 54.8. The van der Waals surface area contributed by atoms with Crippen LogP contribution in [0.25, 0.3) is 0 Å². The first-order valence-electron chi connectivity index (χ1n) is 11.2. The van der Waals surface area contributed by atoms with Crippen molar-refractivity contribution in [3.8, 4) is 0 Å². The molecule has 10 nitrogen and oxygen atoms in total. The van der Waals surface area contributed by atoms with Crippen LogP contribution in [0.5, 0.6) is 0 Å². The van der Waals surface area contributed by atoms with E-state index in [0.717, 1.165) is 18.4 Å². The summed E-state index contributed by atoms with van der Waals surface area (Å²) in [5.41, 5.74) is -0.350. The van der Waals surface area contributed by atoms with E-state index >= 15 is 0 Å². The minimum absolute atomic E-state index is 0.00396. The molecule has 4 N–H and O–H groups in total. The van der Waals surface area contributed by atoms with Crippen molar-refractivity contribution in [2.24, 2.45) is 5.92 Å². The lowest BCUT2D eigenvalue weighted by molar-refractivity contribution is -0.116. The second kappa shape index (κ2) is 11.3. The van der Waals surface area contributed by atoms with E-state index < -0.39 is 11.2 Å². The summed E-state index contributed by atoms with van der Waals surface area (Å²) in [5, 5.41) is 5.57. The van der Waals surface area contributed by atoms with Gasteiger partial charge in [-0.05, 0) is 44.6 Å². The van der Waals surface area contributed by atoms with Gasteiger partial charge in [0.25, 0.3) is 5.56 Å². The van der Waals surface area contributed by atoms with Crippen LogP contribution in [0.3, 0.4) is 0 Å². The number of nitrogens with one attached hydrogen (secondary N) is 4. The minimum Gasteiger partial charge on any atom is -0.445 e. The summed E-state index contributed by atoms with van der Waals surface area (Å²) in [6.07, 6.45) is 2.13. The standard InChI is InChI=1S/C23H31N5O5/c1-15(2)24-20-19(21(30)27-22(31)26-20)25-18(29)9-8-16-10-12-28(13-11-16)23(32)33-14-17-6-4-3-5-7-17/h3-7,15-16H,8-14H2,1-2H3,(H,25,29)(H3,24,26,27,30,31). The molecule has 1 saturated heterocycles. The first-order chi connectivity index (χ1) is 15.8.